The van der Waals surface area contributed by atoms with Gasteiger partial charge in [0.2, 0.25) is 5.95 Å². The average molecular weight is 321 g/mol. The molecule has 6 heteroatoms. The van der Waals surface area contributed by atoms with Crippen molar-refractivity contribution in [2.75, 3.05) is 4.90 Å². The molecule has 1 aliphatic heterocycles. The third-order valence-corrected chi connectivity index (χ3v) is 4.40. The minimum Gasteiger partial charge on any atom is -0.508 e. The lowest BCUT2D eigenvalue weighted by Gasteiger charge is -2.17. The quantitative estimate of drug-likeness (QED) is 0.800. The number of hydrogen-bond acceptors (Lipinski definition) is 5. The van der Waals surface area contributed by atoms with Crippen LogP contribution in [0.25, 0.3) is 0 Å². The van der Waals surface area contributed by atoms with Gasteiger partial charge in [0.15, 0.2) is 0 Å². The highest BCUT2D eigenvalue weighted by Crippen LogP contribution is 2.30. The van der Waals surface area contributed by atoms with Crippen LogP contribution in [0, 0.1) is 0 Å². The fraction of sp³-hybridized carbons (Fsp3) is 0.278. The maximum absolute atomic E-state index is 9.66. The third kappa shape index (κ3) is 2.60. The van der Waals surface area contributed by atoms with Crippen molar-refractivity contribution in [1.82, 2.24) is 19.7 Å². The standard InChI is InChI=1S/C18H19N5O/c1-2-23-17(8-13-4-3-7-19-10-13)20-21-18(23)22-11-14-5-6-16(24)9-15(14)12-22/h3-7,9-10,24H,2,8,11-12H2,1H3. The summed E-state index contributed by atoms with van der Waals surface area (Å²) in [5.41, 5.74) is 3.50. The first-order valence-electron chi connectivity index (χ1n) is 8.11. The second kappa shape index (κ2) is 5.96. The Kier molecular flexibility index (Phi) is 3.65. The van der Waals surface area contributed by atoms with Crippen molar-refractivity contribution >= 4 is 5.95 Å². The summed E-state index contributed by atoms with van der Waals surface area (Å²) in [4.78, 5) is 6.37. The molecule has 1 aromatic carbocycles. The SMILES string of the molecule is CCn1c(Cc2cccnc2)nnc1N1Cc2ccc(O)cc2C1. The Morgan fingerprint density at radius 2 is 2.00 bits per heavy atom. The zero-order chi connectivity index (χ0) is 16.5. The number of aromatic hydroxyl groups is 1. The first kappa shape index (κ1) is 14.7. The van der Waals surface area contributed by atoms with Crippen LogP contribution in [-0.4, -0.2) is 24.9 Å². The smallest absolute Gasteiger partial charge is 0.227 e. The first-order chi connectivity index (χ1) is 11.7. The maximum Gasteiger partial charge on any atom is 0.227 e. The summed E-state index contributed by atoms with van der Waals surface area (Å²) in [6, 6.07) is 9.54. The lowest BCUT2D eigenvalue weighted by atomic mass is 10.1. The Labute approximate surface area is 140 Å². The van der Waals surface area contributed by atoms with Crippen LogP contribution in [0.2, 0.25) is 0 Å². The van der Waals surface area contributed by atoms with E-state index in [9.17, 15) is 5.11 Å². The number of hydrogen-bond donors (Lipinski definition) is 1. The highest BCUT2D eigenvalue weighted by molar-refractivity contribution is 5.46. The van der Waals surface area contributed by atoms with E-state index in [1.54, 1.807) is 12.3 Å². The Morgan fingerprint density at radius 3 is 2.79 bits per heavy atom. The molecule has 3 heterocycles. The van der Waals surface area contributed by atoms with Gasteiger partial charge in [-0.2, -0.15) is 0 Å². The molecule has 4 rings (SSSR count). The Bertz CT molecular complexity index is 859. The Balaban J connectivity index is 1.61. The van der Waals surface area contributed by atoms with Gasteiger partial charge in [-0.05, 0) is 41.8 Å². The molecule has 24 heavy (non-hydrogen) atoms. The van der Waals surface area contributed by atoms with E-state index in [0.29, 0.717) is 5.75 Å². The fourth-order valence-electron chi connectivity index (χ4n) is 3.22. The molecule has 6 nitrogen and oxygen atoms in total. The van der Waals surface area contributed by atoms with Crippen molar-refractivity contribution in [2.45, 2.75) is 33.0 Å². The molecule has 0 unspecified atom stereocenters. The largest absolute Gasteiger partial charge is 0.508 e. The van der Waals surface area contributed by atoms with E-state index in [1.165, 1.54) is 5.56 Å². The summed E-state index contributed by atoms with van der Waals surface area (Å²) in [6.07, 6.45) is 4.36. The maximum atomic E-state index is 9.66. The van der Waals surface area contributed by atoms with Crippen molar-refractivity contribution in [2.24, 2.45) is 0 Å². The summed E-state index contributed by atoms with van der Waals surface area (Å²) in [5.74, 6) is 2.14. The second-order valence-electron chi connectivity index (χ2n) is 6.01. The van der Waals surface area contributed by atoms with Crippen LogP contribution in [0.1, 0.15) is 29.4 Å². The van der Waals surface area contributed by atoms with E-state index in [4.69, 9.17) is 0 Å². The van der Waals surface area contributed by atoms with Crippen LogP contribution in [0.3, 0.4) is 0 Å². The second-order valence-corrected chi connectivity index (χ2v) is 6.01. The molecule has 0 radical (unpaired) electrons. The molecule has 0 aliphatic carbocycles. The molecule has 0 bridgehead atoms. The van der Waals surface area contributed by atoms with E-state index in [2.05, 4.69) is 37.6 Å². The van der Waals surface area contributed by atoms with E-state index in [1.807, 2.05) is 24.4 Å². The van der Waals surface area contributed by atoms with Gasteiger partial charge in [-0.25, -0.2) is 0 Å². The first-order valence-corrected chi connectivity index (χ1v) is 8.11. The number of phenolic OH excluding ortho intramolecular Hbond substituents is 1. The minimum atomic E-state index is 0.310. The number of fused-ring (bicyclic) bond motifs is 1. The molecule has 1 aliphatic rings. The number of aromatic nitrogens is 4. The molecule has 0 saturated heterocycles. The lowest BCUT2D eigenvalue weighted by Crippen LogP contribution is -2.20. The molecule has 3 aromatic rings. The van der Waals surface area contributed by atoms with Gasteiger partial charge in [-0.1, -0.05) is 12.1 Å². The summed E-state index contributed by atoms with van der Waals surface area (Å²) in [7, 11) is 0. The van der Waals surface area contributed by atoms with Gasteiger partial charge in [0, 0.05) is 38.4 Å². The summed E-state index contributed by atoms with van der Waals surface area (Å²) in [5, 5.41) is 18.5. The van der Waals surface area contributed by atoms with Crippen molar-refractivity contribution in [3.63, 3.8) is 0 Å². The lowest BCUT2D eigenvalue weighted by molar-refractivity contribution is 0.474. The molecule has 122 valence electrons. The Morgan fingerprint density at radius 1 is 1.12 bits per heavy atom. The van der Waals surface area contributed by atoms with Crippen molar-refractivity contribution in [3.8, 4) is 5.75 Å². The predicted octanol–water partition coefficient (Wildman–Crippen LogP) is 2.51. The van der Waals surface area contributed by atoms with Gasteiger partial charge in [0.25, 0.3) is 0 Å². The van der Waals surface area contributed by atoms with Crippen LogP contribution >= 0.6 is 0 Å². The van der Waals surface area contributed by atoms with Gasteiger partial charge in [-0.3, -0.25) is 9.55 Å². The van der Waals surface area contributed by atoms with Gasteiger partial charge in [0.05, 0.1) is 0 Å². The zero-order valence-electron chi connectivity index (χ0n) is 13.6. The van der Waals surface area contributed by atoms with Gasteiger partial charge in [0.1, 0.15) is 11.6 Å². The summed E-state index contributed by atoms with van der Waals surface area (Å²) < 4.78 is 2.15. The topological polar surface area (TPSA) is 67.1 Å². The molecular formula is C18H19N5O. The molecule has 0 fully saturated rings. The van der Waals surface area contributed by atoms with Gasteiger partial charge >= 0.3 is 0 Å². The number of nitrogens with zero attached hydrogens (tertiary/aromatic N) is 5. The van der Waals surface area contributed by atoms with E-state index >= 15 is 0 Å². The monoisotopic (exact) mass is 321 g/mol. The molecule has 0 amide bonds. The number of pyridine rings is 1. The predicted molar refractivity (Wildman–Crippen MR) is 90.7 cm³/mol. The summed E-state index contributed by atoms with van der Waals surface area (Å²) >= 11 is 0. The van der Waals surface area contributed by atoms with Crippen molar-refractivity contribution in [3.05, 3.63) is 65.2 Å². The highest BCUT2D eigenvalue weighted by atomic mass is 16.3. The van der Waals surface area contributed by atoms with Crippen LogP contribution in [-0.2, 0) is 26.1 Å². The molecule has 1 N–H and O–H groups in total. The normalized spacial score (nSPS) is 13.3. The molecular weight excluding hydrogens is 302 g/mol. The number of phenols is 1. The average Bonchev–Trinajstić information content (AvgIpc) is 3.18. The summed E-state index contributed by atoms with van der Waals surface area (Å²) in [6.45, 7) is 4.46. The van der Waals surface area contributed by atoms with Gasteiger partial charge in [-0.15, -0.1) is 10.2 Å². The molecule has 0 saturated carbocycles. The number of benzene rings is 1. The molecule has 0 atom stereocenters. The van der Waals surface area contributed by atoms with Crippen molar-refractivity contribution in [1.29, 1.82) is 0 Å². The van der Waals surface area contributed by atoms with Gasteiger partial charge < -0.3 is 10.0 Å². The minimum absolute atomic E-state index is 0.310. The third-order valence-electron chi connectivity index (χ3n) is 4.40. The number of rotatable bonds is 4. The van der Waals surface area contributed by atoms with Crippen LogP contribution in [0.15, 0.2) is 42.7 Å². The van der Waals surface area contributed by atoms with Crippen molar-refractivity contribution < 1.29 is 5.11 Å². The fourth-order valence-corrected chi connectivity index (χ4v) is 3.22. The van der Waals surface area contributed by atoms with E-state index in [-0.39, 0.29) is 0 Å². The number of anilines is 1. The van der Waals surface area contributed by atoms with E-state index in [0.717, 1.165) is 49.0 Å². The van der Waals surface area contributed by atoms with Crippen LogP contribution in [0.4, 0.5) is 5.95 Å². The zero-order valence-corrected chi connectivity index (χ0v) is 13.6. The Hall–Kier alpha value is -2.89. The van der Waals surface area contributed by atoms with E-state index < -0.39 is 0 Å². The highest BCUT2D eigenvalue weighted by Gasteiger charge is 2.24. The molecule has 2 aromatic heterocycles. The van der Waals surface area contributed by atoms with Crippen LogP contribution in [0.5, 0.6) is 5.75 Å². The van der Waals surface area contributed by atoms with Crippen LogP contribution < -0.4 is 4.90 Å². The molecule has 0 spiro atoms.